The molecule has 22 heavy (non-hydrogen) atoms. The summed E-state index contributed by atoms with van der Waals surface area (Å²) < 4.78 is 0. The van der Waals surface area contributed by atoms with E-state index in [0.29, 0.717) is 28.2 Å². The number of aromatic nitrogens is 2. The number of fused-ring (bicyclic) bond motifs is 1. The number of carbonyl (C=O) groups is 1. The van der Waals surface area contributed by atoms with Gasteiger partial charge in [-0.15, -0.1) is 11.3 Å². The van der Waals surface area contributed by atoms with Crippen LogP contribution in [0.15, 0.2) is 35.7 Å². The maximum absolute atomic E-state index is 11.9. The molecular weight excluding hydrogens is 341 g/mol. The molecule has 0 aliphatic heterocycles. The average molecular weight is 352 g/mol. The van der Waals surface area contributed by atoms with Gasteiger partial charge in [0.1, 0.15) is 0 Å². The summed E-state index contributed by atoms with van der Waals surface area (Å²) in [5.41, 5.74) is 1.85. The van der Waals surface area contributed by atoms with Crippen LogP contribution in [0.1, 0.15) is 10.6 Å². The van der Waals surface area contributed by atoms with Gasteiger partial charge in [0.05, 0.1) is 29.7 Å². The lowest BCUT2D eigenvalue weighted by Gasteiger charge is -2.07. The van der Waals surface area contributed by atoms with E-state index in [2.05, 4.69) is 15.3 Å². The number of hydrogen-bond acceptors (Lipinski definition) is 4. The van der Waals surface area contributed by atoms with Gasteiger partial charge in [-0.25, -0.2) is 9.97 Å². The molecule has 1 amide bonds. The van der Waals surface area contributed by atoms with Crippen molar-refractivity contribution < 1.29 is 4.79 Å². The summed E-state index contributed by atoms with van der Waals surface area (Å²) in [4.78, 5) is 21.6. The highest BCUT2D eigenvalue weighted by Gasteiger charge is 2.10. The molecule has 0 saturated carbocycles. The molecule has 7 heteroatoms. The molecule has 2 aromatic heterocycles. The monoisotopic (exact) mass is 351 g/mol. The maximum atomic E-state index is 11.9. The second kappa shape index (κ2) is 6.60. The Bertz CT molecular complexity index is 821. The zero-order valence-electron chi connectivity index (χ0n) is 11.3. The van der Waals surface area contributed by atoms with E-state index in [1.165, 1.54) is 0 Å². The highest BCUT2D eigenvalue weighted by Crippen LogP contribution is 2.20. The predicted molar refractivity (Wildman–Crippen MR) is 89.4 cm³/mol. The molecule has 4 nitrogen and oxygen atoms in total. The van der Waals surface area contributed by atoms with Gasteiger partial charge >= 0.3 is 0 Å². The molecule has 1 N–H and O–H groups in total. The number of benzene rings is 1. The molecule has 0 bridgehead atoms. The lowest BCUT2D eigenvalue weighted by molar-refractivity contribution is -0.120. The van der Waals surface area contributed by atoms with Crippen molar-refractivity contribution in [2.24, 2.45) is 0 Å². The SMILES string of the molecule is O=C(Cc1cccs1)NCc1nc2cc(Cl)ccc2nc1Cl. The molecule has 3 rings (SSSR count). The molecule has 0 atom stereocenters. The maximum Gasteiger partial charge on any atom is 0.225 e. The third-order valence-electron chi connectivity index (χ3n) is 3.02. The first-order chi connectivity index (χ1) is 10.6. The lowest BCUT2D eigenvalue weighted by Crippen LogP contribution is -2.25. The van der Waals surface area contributed by atoms with E-state index in [9.17, 15) is 4.79 Å². The first kappa shape index (κ1) is 15.2. The van der Waals surface area contributed by atoms with Crippen molar-refractivity contribution in [1.29, 1.82) is 0 Å². The normalized spacial score (nSPS) is 10.8. The molecule has 0 spiro atoms. The van der Waals surface area contributed by atoms with Crippen LogP contribution in [0.25, 0.3) is 11.0 Å². The highest BCUT2D eigenvalue weighted by atomic mass is 35.5. The quantitative estimate of drug-likeness (QED) is 0.776. The average Bonchev–Trinajstić information content (AvgIpc) is 2.98. The summed E-state index contributed by atoms with van der Waals surface area (Å²) in [6.07, 6.45) is 0.349. The van der Waals surface area contributed by atoms with Crippen LogP contribution in [-0.2, 0) is 17.8 Å². The molecule has 112 valence electrons. The Morgan fingerprint density at radius 3 is 2.82 bits per heavy atom. The number of thiophene rings is 1. The minimum absolute atomic E-state index is 0.0773. The number of hydrogen-bond donors (Lipinski definition) is 1. The van der Waals surface area contributed by atoms with E-state index in [1.54, 1.807) is 29.5 Å². The van der Waals surface area contributed by atoms with E-state index in [4.69, 9.17) is 23.2 Å². The minimum atomic E-state index is -0.0773. The molecule has 0 radical (unpaired) electrons. The van der Waals surface area contributed by atoms with Crippen molar-refractivity contribution in [3.8, 4) is 0 Å². The van der Waals surface area contributed by atoms with Crippen LogP contribution >= 0.6 is 34.5 Å². The van der Waals surface area contributed by atoms with Crippen LogP contribution in [0.2, 0.25) is 10.2 Å². The zero-order chi connectivity index (χ0) is 15.5. The first-order valence-corrected chi connectivity index (χ1v) is 8.16. The highest BCUT2D eigenvalue weighted by molar-refractivity contribution is 7.10. The third kappa shape index (κ3) is 3.55. The summed E-state index contributed by atoms with van der Waals surface area (Å²) in [6.45, 7) is 0.235. The molecule has 1 aromatic carbocycles. The van der Waals surface area contributed by atoms with Crippen LogP contribution in [0.5, 0.6) is 0 Å². The second-order valence-corrected chi connectivity index (χ2v) is 6.45. The van der Waals surface area contributed by atoms with Crippen molar-refractivity contribution in [1.82, 2.24) is 15.3 Å². The van der Waals surface area contributed by atoms with E-state index in [-0.39, 0.29) is 17.6 Å². The minimum Gasteiger partial charge on any atom is -0.350 e. The molecule has 0 aliphatic rings. The number of nitrogens with zero attached hydrogens (tertiary/aromatic N) is 2. The summed E-state index contributed by atoms with van der Waals surface area (Å²) >= 11 is 13.6. The lowest BCUT2D eigenvalue weighted by atomic mass is 10.3. The van der Waals surface area contributed by atoms with Crippen molar-refractivity contribution in [2.75, 3.05) is 0 Å². The van der Waals surface area contributed by atoms with Crippen molar-refractivity contribution in [3.05, 3.63) is 56.5 Å². The third-order valence-corrected chi connectivity index (χ3v) is 4.43. The van der Waals surface area contributed by atoms with Crippen LogP contribution in [0, 0.1) is 0 Å². The van der Waals surface area contributed by atoms with Gasteiger partial charge in [0.25, 0.3) is 0 Å². The molecule has 0 aliphatic carbocycles. The summed E-state index contributed by atoms with van der Waals surface area (Å²) in [5, 5.41) is 5.61. The Hall–Kier alpha value is -1.69. The Morgan fingerprint density at radius 1 is 1.18 bits per heavy atom. The zero-order valence-corrected chi connectivity index (χ0v) is 13.7. The van der Waals surface area contributed by atoms with Crippen LogP contribution in [-0.4, -0.2) is 15.9 Å². The van der Waals surface area contributed by atoms with E-state index < -0.39 is 0 Å². The van der Waals surface area contributed by atoms with E-state index in [1.807, 2.05) is 17.5 Å². The summed E-state index contributed by atoms with van der Waals surface area (Å²) in [7, 11) is 0. The molecule has 2 heterocycles. The molecule has 3 aromatic rings. The fourth-order valence-corrected chi connectivity index (χ4v) is 3.04. The van der Waals surface area contributed by atoms with Crippen LogP contribution in [0.4, 0.5) is 0 Å². The van der Waals surface area contributed by atoms with Crippen LogP contribution < -0.4 is 5.32 Å². The number of nitrogens with one attached hydrogen (secondary N) is 1. The number of amides is 1. The predicted octanol–water partition coefficient (Wildman–Crippen LogP) is 3.86. The Balaban J connectivity index is 1.73. The Kier molecular flexibility index (Phi) is 4.57. The fourth-order valence-electron chi connectivity index (χ4n) is 1.97. The number of carbonyl (C=O) groups excluding carboxylic acids is 1. The van der Waals surface area contributed by atoms with Crippen molar-refractivity contribution in [2.45, 2.75) is 13.0 Å². The molecule has 0 saturated heterocycles. The fraction of sp³-hybridized carbons (Fsp3) is 0.133. The molecule has 0 unspecified atom stereocenters. The van der Waals surface area contributed by atoms with Gasteiger partial charge in [-0.05, 0) is 29.6 Å². The topological polar surface area (TPSA) is 54.9 Å². The van der Waals surface area contributed by atoms with Gasteiger partial charge in [0.15, 0.2) is 5.15 Å². The van der Waals surface area contributed by atoms with Gasteiger partial charge in [0.2, 0.25) is 5.91 Å². The van der Waals surface area contributed by atoms with Crippen molar-refractivity contribution in [3.63, 3.8) is 0 Å². The van der Waals surface area contributed by atoms with E-state index in [0.717, 1.165) is 4.88 Å². The summed E-state index contributed by atoms with van der Waals surface area (Å²) in [6, 6.07) is 9.06. The number of rotatable bonds is 4. The van der Waals surface area contributed by atoms with E-state index >= 15 is 0 Å². The largest absolute Gasteiger partial charge is 0.350 e. The standard InChI is InChI=1S/C15H11Cl2N3OS/c16-9-3-4-11-12(6-9)19-13(15(17)20-11)8-18-14(21)7-10-2-1-5-22-10/h1-6H,7-8H2,(H,18,21). The van der Waals surface area contributed by atoms with Gasteiger partial charge < -0.3 is 5.32 Å². The van der Waals surface area contributed by atoms with Gasteiger partial charge in [-0.1, -0.05) is 29.3 Å². The second-order valence-electron chi connectivity index (χ2n) is 4.63. The smallest absolute Gasteiger partial charge is 0.225 e. The molecule has 0 fully saturated rings. The van der Waals surface area contributed by atoms with Crippen LogP contribution in [0.3, 0.4) is 0 Å². The molecular formula is C15H11Cl2N3OS. The Morgan fingerprint density at radius 2 is 2.05 bits per heavy atom. The first-order valence-electron chi connectivity index (χ1n) is 6.52. The Labute approximate surface area is 141 Å². The number of halogens is 2. The van der Waals surface area contributed by atoms with Gasteiger partial charge in [-0.2, -0.15) is 0 Å². The van der Waals surface area contributed by atoms with Gasteiger partial charge in [0, 0.05) is 9.90 Å². The van der Waals surface area contributed by atoms with Crippen molar-refractivity contribution >= 4 is 51.5 Å². The van der Waals surface area contributed by atoms with Gasteiger partial charge in [-0.3, -0.25) is 4.79 Å². The summed E-state index contributed by atoms with van der Waals surface area (Å²) in [5.74, 6) is -0.0773.